The van der Waals surface area contributed by atoms with Crippen LogP contribution in [0.25, 0.3) is 11.3 Å². The minimum atomic E-state index is -4.63. The van der Waals surface area contributed by atoms with E-state index in [9.17, 15) is 26.4 Å². The van der Waals surface area contributed by atoms with Gasteiger partial charge in [0.1, 0.15) is 5.82 Å². The average Bonchev–Trinajstić information content (AvgIpc) is 3.22. The number of pyridine rings is 1. The van der Waals surface area contributed by atoms with Crippen LogP contribution in [0.4, 0.5) is 24.1 Å². The number of hydrogen-bond donors (Lipinski definition) is 2. The van der Waals surface area contributed by atoms with Crippen molar-refractivity contribution in [3.63, 3.8) is 0 Å². The Balaban J connectivity index is 1.73. The summed E-state index contributed by atoms with van der Waals surface area (Å²) in [6, 6.07) is 2.88. The molecule has 2 N–H and O–H groups in total. The van der Waals surface area contributed by atoms with E-state index in [0.29, 0.717) is 11.9 Å². The van der Waals surface area contributed by atoms with Gasteiger partial charge >= 0.3 is 6.18 Å². The van der Waals surface area contributed by atoms with Crippen molar-refractivity contribution >= 4 is 38.2 Å². The Morgan fingerprint density at radius 1 is 1.06 bits per heavy atom. The maximum absolute atomic E-state index is 12.9. The second kappa shape index (κ2) is 9.25. The number of aromatic nitrogens is 4. The van der Waals surface area contributed by atoms with Crippen molar-refractivity contribution in [3.8, 4) is 11.3 Å². The van der Waals surface area contributed by atoms with Crippen molar-refractivity contribution in [2.24, 2.45) is 0 Å². The summed E-state index contributed by atoms with van der Waals surface area (Å²) in [6.45, 7) is 6.30. The molecule has 3 rings (SSSR count). The van der Waals surface area contributed by atoms with Crippen LogP contribution < -0.4 is 10.0 Å². The third-order valence-electron chi connectivity index (χ3n) is 4.79. The Labute approximate surface area is 198 Å². The first kappa shape index (κ1) is 25.5. The van der Waals surface area contributed by atoms with Gasteiger partial charge in [-0.15, -0.1) is 11.3 Å². The monoisotopic (exact) mass is 514 g/mol. The number of thiazole rings is 1. The van der Waals surface area contributed by atoms with E-state index in [1.54, 1.807) is 19.2 Å². The van der Waals surface area contributed by atoms with Crippen molar-refractivity contribution in [2.45, 2.75) is 44.5 Å². The molecule has 34 heavy (non-hydrogen) atoms. The Morgan fingerprint density at radius 2 is 1.76 bits per heavy atom. The lowest BCUT2D eigenvalue weighted by Crippen LogP contribution is -2.35. The lowest BCUT2D eigenvalue weighted by Gasteiger charge is -2.21. The number of sulfonamides is 1. The predicted octanol–water partition coefficient (Wildman–Crippen LogP) is 4.08. The summed E-state index contributed by atoms with van der Waals surface area (Å²) in [4.78, 5) is 28.3. The van der Waals surface area contributed by atoms with Gasteiger partial charge in [-0.1, -0.05) is 0 Å². The number of carbonyl (C=O) groups excluding carboxylic acids is 1. The van der Waals surface area contributed by atoms with E-state index in [0.717, 1.165) is 11.3 Å². The Kier molecular flexibility index (Phi) is 6.94. The molecule has 0 radical (unpaired) electrons. The number of halogens is 3. The quantitative estimate of drug-likeness (QED) is 0.486. The first-order chi connectivity index (χ1) is 15.7. The third-order valence-corrected chi connectivity index (χ3v) is 7.39. The average molecular weight is 515 g/mol. The summed E-state index contributed by atoms with van der Waals surface area (Å²) < 4.78 is 65.0. The molecule has 3 heterocycles. The number of anilines is 2. The molecule has 14 heteroatoms. The normalized spacial score (nSPS) is 12.6. The van der Waals surface area contributed by atoms with Gasteiger partial charge in [-0.2, -0.15) is 13.2 Å². The molecule has 1 amide bonds. The molecular weight excluding hydrogens is 493 g/mol. The molecule has 182 valence electrons. The fraction of sp³-hybridized carbons (Fsp3) is 0.350. The highest BCUT2D eigenvalue weighted by molar-refractivity contribution is 7.93. The summed E-state index contributed by atoms with van der Waals surface area (Å²) in [5, 5.41) is 3.72. The number of nitrogens with one attached hydrogen (secondary N) is 2. The van der Waals surface area contributed by atoms with Crippen molar-refractivity contribution in [1.29, 1.82) is 0 Å². The summed E-state index contributed by atoms with van der Waals surface area (Å²) >= 11 is 1.06. The molecule has 0 aliphatic carbocycles. The molecule has 0 aliphatic heterocycles. The van der Waals surface area contributed by atoms with Crippen LogP contribution >= 0.6 is 11.3 Å². The molecule has 0 aromatic carbocycles. The van der Waals surface area contributed by atoms with E-state index in [1.807, 2.05) is 0 Å². The SMILES string of the molecule is CC(C)S(=O)(=O)Nc1nc(C(C)(C)C(=O)Nc2ccc(-c3cncc(C(F)(F)F)n3)cn2)cs1. The first-order valence-corrected chi connectivity index (χ1v) is 12.3. The number of hydrogen-bond acceptors (Lipinski definition) is 8. The lowest BCUT2D eigenvalue weighted by molar-refractivity contribution is -0.141. The van der Waals surface area contributed by atoms with Gasteiger partial charge < -0.3 is 5.32 Å². The second-order valence-electron chi connectivity index (χ2n) is 8.03. The minimum absolute atomic E-state index is 0.0145. The van der Waals surface area contributed by atoms with Gasteiger partial charge in [0.15, 0.2) is 10.8 Å². The molecule has 9 nitrogen and oxygen atoms in total. The Bertz CT molecular complexity index is 1290. The van der Waals surface area contributed by atoms with E-state index in [1.165, 1.54) is 38.4 Å². The third kappa shape index (κ3) is 5.67. The first-order valence-electron chi connectivity index (χ1n) is 9.85. The number of nitrogens with zero attached hydrogens (tertiary/aromatic N) is 4. The van der Waals surface area contributed by atoms with E-state index < -0.39 is 38.5 Å². The van der Waals surface area contributed by atoms with Crippen molar-refractivity contribution in [1.82, 2.24) is 19.9 Å². The maximum atomic E-state index is 12.9. The van der Waals surface area contributed by atoms with Crippen molar-refractivity contribution in [2.75, 3.05) is 10.0 Å². The van der Waals surface area contributed by atoms with Crippen molar-refractivity contribution in [3.05, 3.63) is 47.5 Å². The van der Waals surface area contributed by atoms with Crippen LogP contribution in [-0.4, -0.2) is 39.5 Å². The molecule has 0 spiro atoms. The Morgan fingerprint density at radius 3 is 2.35 bits per heavy atom. The highest BCUT2D eigenvalue weighted by atomic mass is 32.2. The molecule has 0 aliphatic rings. The molecular formula is C20H21F3N6O3S2. The fourth-order valence-corrected chi connectivity index (χ4v) is 4.28. The van der Waals surface area contributed by atoms with Gasteiger partial charge in [-0.3, -0.25) is 14.5 Å². The number of rotatable bonds is 7. The van der Waals surface area contributed by atoms with Crippen LogP contribution in [0.5, 0.6) is 0 Å². The molecule has 0 bridgehead atoms. The zero-order chi connectivity index (χ0) is 25.3. The molecule has 0 unspecified atom stereocenters. The topological polar surface area (TPSA) is 127 Å². The molecule has 0 atom stereocenters. The summed E-state index contributed by atoms with van der Waals surface area (Å²) in [5.74, 6) is -0.298. The lowest BCUT2D eigenvalue weighted by atomic mass is 9.89. The van der Waals surface area contributed by atoms with Gasteiger partial charge in [0, 0.05) is 17.1 Å². The number of alkyl halides is 3. The minimum Gasteiger partial charge on any atom is -0.310 e. The highest BCUT2D eigenvalue weighted by Gasteiger charge is 2.34. The predicted molar refractivity (Wildman–Crippen MR) is 122 cm³/mol. The molecule has 3 aromatic rings. The van der Waals surface area contributed by atoms with Gasteiger partial charge in [0.2, 0.25) is 15.9 Å². The zero-order valence-electron chi connectivity index (χ0n) is 18.5. The smallest absolute Gasteiger partial charge is 0.310 e. The van der Waals surface area contributed by atoms with Crippen LogP contribution in [0.1, 0.15) is 39.1 Å². The fourth-order valence-electron chi connectivity index (χ4n) is 2.50. The summed E-state index contributed by atoms with van der Waals surface area (Å²) in [5.41, 5.74) is -1.63. The van der Waals surface area contributed by atoms with Crippen LogP contribution in [0.15, 0.2) is 36.1 Å². The zero-order valence-corrected chi connectivity index (χ0v) is 20.1. The van der Waals surface area contributed by atoms with Gasteiger partial charge in [0.05, 0.1) is 34.4 Å². The second-order valence-corrected chi connectivity index (χ2v) is 11.1. The molecule has 3 aromatic heterocycles. The largest absolute Gasteiger partial charge is 0.434 e. The summed E-state index contributed by atoms with van der Waals surface area (Å²) in [7, 11) is -3.57. The number of carbonyl (C=O) groups is 1. The maximum Gasteiger partial charge on any atom is 0.434 e. The van der Waals surface area contributed by atoms with Crippen LogP contribution in [0, 0.1) is 0 Å². The molecule has 0 saturated carbocycles. The van der Waals surface area contributed by atoms with E-state index in [4.69, 9.17) is 0 Å². The van der Waals surface area contributed by atoms with E-state index in [-0.39, 0.29) is 22.2 Å². The highest BCUT2D eigenvalue weighted by Crippen LogP contribution is 2.30. The van der Waals surface area contributed by atoms with E-state index in [2.05, 4.69) is 30.0 Å². The molecule has 0 fully saturated rings. The number of amides is 1. The van der Waals surface area contributed by atoms with Crippen LogP contribution in [0.3, 0.4) is 0 Å². The standard InChI is InChI=1S/C20H21F3N6O3S2/c1-11(2)34(31,32)29-18-27-15(10-33-18)19(3,4)17(30)28-16-6-5-12(7-25-16)13-8-24-9-14(26-13)20(21,22)23/h5-11H,1-4H3,(H,27,29)(H,25,28,30). The van der Waals surface area contributed by atoms with Gasteiger partial charge in [-0.25, -0.2) is 23.4 Å². The Hall–Kier alpha value is -3.13. The summed E-state index contributed by atoms with van der Waals surface area (Å²) in [6.07, 6.45) is -1.54. The van der Waals surface area contributed by atoms with Crippen molar-refractivity contribution < 1.29 is 26.4 Å². The van der Waals surface area contributed by atoms with Crippen LogP contribution in [0.2, 0.25) is 0 Å². The van der Waals surface area contributed by atoms with Gasteiger partial charge in [0.25, 0.3) is 0 Å². The van der Waals surface area contributed by atoms with Gasteiger partial charge in [-0.05, 0) is 39.8 Å². The van der Waals surface area contributed by atoms with Crippen LogP contribution in [-0.2, 0) is 26.4 Å². The van der Waals surface area contributed by atoms with E-state index >= 15 is 0 Å². The molecule has 0 saturated heterocycles.